The minimum Gasteiger partial charge on any atom is -0.441 e. The van der Waals surface area contributed by atoms with E-state index in [1.54, 1.807) is 24.3 Å². The molecule has 0 bridgehead atoms. The molecule has 168 valence electrons. The van der Waals surface area contributed by atoms with Crippen LogP contribution in [0.15, 0.2) is 72.8 Å². The van der Waals surface area contributed by atoms with Crippen LogP contribution < -0.4 is 8.37 Å². The first-order chi connectivity index (χ1) is 15.0. The van der Waals surface area contributed by atoms with Crippen molar-refractivity contribution < 1.29 is 43.8 Å². The summed E-state index contributed by atoms with van der Waals surface area (Å²) in [5, 5.41) is 0. The molecule has 2 N–H and O–H groups in total. The van der Waals surface area contributed by atoms with E-state index in [2.05, 4.69) is 8.37 Å². The van der Waals surface area contributed by atoms with Gasteiger partial charge in [-0.2, -0.15) is 16.8 Å². The minimum absolute atomic E-state index is 0. The van der Waals surface area contributed by atoms with Crippen LogP contribution in [0.5, 0.6) is 11.5 Å². The molecule has 1 aliphatic rings. The number of fused-ring (bicyclic) bond motifs is 1. The molecule has 0 amide bonds. The van der Waals surface area contributed by atoms with E-state index in [4.69, 9.17) is 13.8 Å². The molecule has 3 aromatic rings. The predicted octanol–water partition coefficient (Wildman–Crippen LogP) is 1.75. The fourth-order valence-corrected chi connectivity index (χ4v) is 4.25. The van der Waals surface area contributed by atoms with Crippen LogP contribution >= 0.6 is 0 Å². The molecule has 0 atom stereocenters. The Morgan fingerprint density at radius 2 is 1.09 bits per heavy atom. The SMILES string of the molecule is O=C1OC(c2ccc(OS(=O)(=O)O)cc2)(c2ccc(OS(=O)(=O)O)cc2)c2ccccc21.[K].[K]. The Bertz CT molecular complexity index is 1330. The Kier molecular flexibility index (Phi) is 10.1. The second kappa shape index (κ2) is 11.5. The molecule has 0 spiro atoms. The fourth-order valence-electron chi connectivity index (χ4n) is 3.55. The molecule has 0 aromatic heterocycles. The first-order valence-corrected chi connectivity index (χ1v) is 11.6. The quantitative estimate of drug-likeness (QED) is 0.261. The van der Waals surface area contributed by atoms with Crippen molar-refractivity contribution >= 4 is 130 Å². The zero-order valence-electron chi connectivity index (χ0n) is 17.9. The molecule has 0 aliphatic carbocycles. The fraction of sp³-hybridized carbons (Fsp3) is 0.0500. The summed E-state index contributed by atoms with van der Waals surface area (Å²) >= 11 is 0. The molecule has 3 aromatic carbocycles. The first-order valence-electron chi connectivity index (χ1n) is 8.86. The van der Waals surface area contributed by atoms with E-state index in [0.717, 1.165) is 0 Å². The number of benzene rings is 3. The minimum atomic E-state index is -4.72. The van der Waals surface area contributed by atoms with Gasteiger partial charge in [0.15, 0.2) is 5.60 Å². The van der Waals surface area contributed by atoms with Gasteiger partial charge in [-0.3, -0.25) is 9.11 Å². The molecule has 1 heterocycles. The first kappa shape index (κ1) is 30.0. The van der Waals surface area contributed by atoms with Crippen molar-refractivity contribution in [1.29, 1.82) is 0 Å². The van der Waals surface area contributed by atoms with Crippen molar-refractivity contribution in [2.24, 2.45) is 0 Å². The van der Waals surface area contributed by atoms with Crippen molar-refractivity contribution in [3.63, 3.8) is 0 Å². The zero-order chi connectivity index (χ0) is 23.1. The van der Waals surface area contributed by atoms with Crippen LogP contribution in [0.25, 0.3) is 0 Å². The summed E-state index contributed by atoms with van der Waals surface area (Å²) in [6.07, 6.45) is 0. The van der Waals surface area contributed by atoms with E-state index in [1.807, 2.05) is 0 Å². The van der Waals surface area contributed by atoms with Crippen LogP contribution in [0.2, 0.25) is 0 Å². The Morgan fingerprint density at radius 1 is 0.676 bits per heavy atom. The van der Waals surface area contributed by atoms with Gasteiger partial charge in [-0.1, -0.05) is 42.5 Å². The van der Waals surface area contributed by atoms with Gasteiger partial charge in [0.05, 0.1) is 5.56 Å². The van der Waals surface area contributed by atoms with Gasteiger partial charge in [-0.25, -0.2) is 4.79 Å². The predicted molar refractivity (Wildman–Crippen MR) is 120 cm³/mol. The summed E-state index contributed by atoms with van der Waals surface area (Å²) < 4.78 is 76.2. The number of hydrogen-bond acceptors (Lipinski definition) is 8. The van der Waals surface area contributed by atoms with Gasteiger partial charge < -0.3 is 13.1 Å². The van der Waals surface area contributed by atoms with Crippen molar-refractivity contribution in [3.8, 4) is 11.5 Å². The number of carbonyl (C=O) groups is 1. The summed E-state index contributed by atoms with van der Waals surface area (Å²) in [6.45, 7) is 0. The third kappa shape index (κ3) is 6.57. The number of ether oxygens (including phenoxy) is 1. The van der Waals surface area contributed by atoms with E-state index >= 15 is 0 Å². The summed E-state index contributed by atoms with van der Waals surface area (Å²) in [7, 11) is -9.44. The number of hydrogen-bond donors (Lipinski definition) is 2. The van der Waals surface area contributed by atoms with Crippen LogP contribution in [0.3, 0.4) is 0 Å². The Labute approximate surface area is 280 Å². The molecule has 2 radical (unpaired) electrons. The molecule has 0 saturated heterocycles. The number of cyclic esters (lactones) is 1. The zero-order valence-corrected chi connectivity index (χ0v) is 25.8. The van der Waals surface area contributed by atoms with E-state index < -0.39 is 32.4 Å². The number of esters is 1. The molecule has 4 rings (SSSR count). The Balaban J connectivity index is 0.00000204. The number of rotatable bonds is 6. The topological polar surface area (TPSA) is 154 Å². The third-order valence-corrected chi connectivity index (χ3v) is 5.50. The largest absolute Gasteiger partial charge is 0.446 e. The molecule has 0 saturated carbocycles. The van der Waals surface area contributed by atoms with Gasteiger partial charge in [0.25, 0.3) is 0 Å². The monoisotopic (exact) mass is 556 g/mol. The molecule has 34 heavy (non-hydrogen) atoms. The maximum atomic E-state index is 12.6. The van der Waals surface area contributed by atoms with E-state index in [0.29, 0.717) is 22.3 Å². The molecular weight excluding hydrogens is 543 g/mol. The van der Waals surface area contributed by atoms with Gasteiger partial charge in [-0.15, -0.1) is 0 Å². The van der Waals surface area contributed by atoms with Crippen LogP contribution in [0, 0.1) is 0 Å². The van der Waals surface area contributed by atoms with Gasteiger partial charge in [0, 0.05) is 119 Å². The van der Waals surface area contributed by atoms with E-state index in [9.17, 15) is 21.6 Å². The molecule has 1 aliphatic heterocycles. The molecular formula is C20H14K2O10S2. The number of carbonyl (C=O) groups excluding carboxylic acids is 1. The van der Waals surface area contributed by atoms with Gasteiger partial charge in [0.1, 0.15) is 11.5 Å². The van der Waals surface area contributed by atoms with Crippen molar-refractivity contribution in [3.05, 3.63) is 95.1 Å². The maximum Gasteiger partial charge on any atom is 0.446 e. The average molecular weight is 557 g/mol. The van der Waals surface area contributed by atoms with Crippen LogP contribution in [0.4, 0.5) is 0 Å². The van der Waals surface area contributed by atoms with Gasteiger partial charge in [0.2, 0.25) is 0 Å². The summed E-state index contributed by atoms with van der Waals surface area (Å²) in [5.41, 5.74) is 0.186. The molecule has 10 nitrogen and oxygen atoms in total. The standard InChI is InChI=1S/C20H14O10S2.2K/c21-19-17-3-1-2-4-18(17)20(28-19,13-5-9-15(10-6-13)29-31(22,23)24)14-7-11-16(12-8-14)30-32(25,26)27;;/h1-12H,(H,22,23,24)(H,25,26,27);;. The maximum absolute atomic E-state index is 12.6. The smallest absolute Gasteiger partial charge is 0.441 e. The van der Waals surface area contributed by atoms with E-state index in [1.165, 1.54) is 48.5 Å². The van der Waals surface area contributed by atoms with Crippen LogP contribution in [-0.4, -0.2) is 135 Å². The van der Waals surface area contributed by atoms with Crippen LogP contribution in [-0.2, 0) is 31.1 Å². The summed E-state index contributed by atoms with van der Waals surface area (Å²) in [4.78, 5) is 12.6. The van der Waals surface area contributed by atoms with Crippen molar-refractivity contribution in [2.75, 3.05) is 0 Å². The second-order valence-corrected chi connectivity index (χ2v) is 8.73. The normalized spacial score (nSPS) is 14.1. The van der Waals surface area contributed by atoms with Gasteiger partial charge >= 0.3 is 26.8 Å². The third-order valence-electron chi connectivity index (χ3n) is 4.70. The molecule has 0 unspecified atom stereocenters. The Morgan fingerprint density at radius 3 is 1.50 bits per heavy atom. The summed E-state index contributed by atoms with van der Waals surface area (Å²) in [6, 6.07) is 17.6. The molecule has 0 fully saturated rings. The van der Waals surface area contributed by atoms with E-state index in [-0.39, 0.29) is 114 Å². The van der Waals surface area contributed by atoms with Gasteiger partial charge in [-0.05, 0) is 30.3 Å². The average Bonchev–Trinajstić information content (AvgIpc) is 3.01. The van der Waals surface area contributed by atoms with Crippen molar-refractivity contribution in [2.45, 2.75) is 5.60 Å². The van der Waals surface area contributed by atoms with Crippen LogP contribution in [0.1, 0.15) is 27.0 Å². The summed E-state index contributed by atoms with van der Waals surface area (Å²) in [5.74, 6) is -0.932. The molecule has 14 heteroatoms. The Hall–Kier alpha value is -0.177. The van der Waals surface area contributed by atoms with Crippen molar-refractivity contribution in [1.82, 2.24) is 0 Å². The second-order valence-electron chi connectivity index (χ2n) is 6.69.